The van der Waals surface area contributed by atoms with E-state index in [-0.39, 0.29) is 0 Å². The van der Waals surface area contributed by atoms with Gasteiger partial charge in [0, 0.05) is 10.7 Å². The molecular formula is C8H12ClNO. The maximum absolute atomic E-state index is 5.77. The third kappa shape index (κ3) is 1.98. The van der Waals surface area contributed by atoms with Gasteiger partial charge in [-0.15, -0.1) is 0 Å². The average molecular weight is 174 g/mol. The van der Waals surface area contributed by atoms with Crippen LogP contribution in [0.25, 0.3) is 0 Å². The fraction of sp³-hybridized carbons (Fsp3) is 0.500. The molecule has 0 heterocycles. The summed E-state index contributed by atoms with van der Waals surface area (Å²) in [5, 5.41) is 0.627. The Morgan fingerprint density at radius 3 is 2.91 bits per heavy atom. The van der Waals surface area contributed by atoms with Crippen LogP contribution in [0.4, 0.5) is 0 Å². The Morgan fingerprint density at radius 2 is 2.36 bits per heavy atom. The first kappa shape index (κ1) is 8.62. The largest absolute Gasteiger partial charge is 0.280 e. The number of halogens is 1. The number of hydrogen-bond acceptors (Lipinski definition) is 2. The number of hydrogen-bond donors (Lipinski definition) is 1. The molecule has 3 heteroatoms. The zero-order valence-electron chi connectivity index (χ0n) is 6.61. The minimum atomic E-state index is 0.627. The van der Waals surface area contributed by atoms with Crippen LogP contribution in [-0.2, 0) is 4.84 Å². The standard InChI is InChI=1S/C8H12ClNO/c1-6(9)7-4-3-5-8(7)10-11-2/h10H,1,3-5H2,2H3. The lowest BCUT2D eigenvalue weighted by atomic mass is 10.2. The average Bonchev–Trinajstić information content (AvgIpc) is 2.36. The Morgan fingerprint density at radius 1 is 1.64 bits per heavy atom. The first-order valence-electron chi connectivity index (χ1n) is 3.61. The Labute approximate surface area is 71.8 Å². The van der Waals surface area contributed by atoms with Crippen molar-refractivity contribution in [3.8, 4) is 0 Å². The van der Waals surface area contributed by atoms with E-state index in [0.29, 0.717) is 5.03 Å². The molecule has 0 aromatic rings. The fourth-order valence-electron chi connectivity index (χ4n) is 1.28. The molecule has 1 aliphatic rings. The summed E-state index contributed by atoms with van der Waals surface area (Å²) in [6, 6.07) is 0. The third-order valence-corrected chi connectivity index (χ3v) is 2.00. The second-order valence-corrected chi connectivity index (χ2v) is 2.98. The smallest absolute Gasteiger partial charge is 0.0636 e. The van der Waals surface area contributed by atoms with Gasteiger partial charge >= 0.3 is 0 Å². The topological polar surface area (TPSA) is 21.3 Å². The molecule has 0 aromatic carbocycles. The predicted octanol–water partition coefficient (Wildman–Crippen LogP) is 2.33. The number of nitrogens with one attached hydrogen (secondary N) is 1. The van der Waals surface area contributed by atoms with Crippen LogP contribution < -0.4 is 5.48 Å². The van der Waals surface area contributed by atoms with Gasteiger partial charge in [-0.05, 0) is 24.8 Å². The van der Waals surface area contributed by atoms with Gasteiger partial charge < -0.3 is 0 Å². The van der Waals surface area contributed by atoms with E-state index in [1.54, 1.807) is 7.11 Å². The van der Waals surface area contributed by atoms with E-state index in [9.17, 15) is 0 Å². The molecule has 0 saturated heterocycles. The summed E-state index contributed by atoms with van der Waals surface area (Å²) >= 11 is 5.77. The van der Waals surface area contributed by atoms with Gasteiger partial charge in [-0.2, -0.15) is 0 Å². The Bertz CT molecular complexity index is 198. The third-order valence-electron chi connectivity index (χ3n) is 1.77. The first-order valence-corrected chi connectivity index (χ1v) is 3.99. The highest BCUT2D eigenvalue weighted by Crippen LogP contribution is 2.30. The van der Waals surface area contributed by atoms with Crippen molar-refractivity contribution >= 4 is 11.6 Å². The highest BCUT2D eigenvalue weighted by Gasteiger charge is 2.15. The molecular weight excluding hydrogens is 162 g/mol. The van der Waals surface area contributed by atoms with Crippen LogP contribution >= 0.6 is 11.6 Å². The van der Waals surface area contributed by atoms with E-state index < -0.39 is 0 Å². The molecule has 62 valence electrons. The summed E-state index contributed by atoms with van der Waals surface area (Å²) in [4.78, 5) is 4.80. The maximum atomic E-state index is 5.77. The molecule has 0 amide bonds. The van der Waals surface area contributed by atoms with E-state index in [4.69, 9.17) is 16.4 Å². The van der Waals surface area contributed by atoms with Crippen LogP contribution in [0.15, 0.2) is 22.9 Å². The van der Waals surface area contributed by atoms with E-state index in [1.165, 1.54) is 0 Å². The molecule has 0 aromatic heterocycles. The number of allylic oxidation sites excluding steroid dienone is 3. The lowest BCUT2D eigenvalue weighted by Crippen LogP contribution is -2.10. The summed E-state index contributed by atoms with van der Waals surface area (Å²) in [5.74, 6) is 0. The van der Waals surface area contributed by atoms with Gasteiger partial charge in [-0.3, -0.25) is 10.3 Å². The predicted molar refractivity (Wildman–Crippen MR) is 46.0 cm³/mol. The van der Waals surface area contributed by atoms with E-state index >= 15 is 0 Å². The Kier molecular flexibility index (Phi) is 2.97. The zero-order chi connectivity index (χ0) is 8.27. The van der Waals surface area contributed by atoms with E-state index in [2.05, 4.69) is 12.1 Å². The van der Waals surface area contributed by atoms with Crippen molar-refractivity contribution in [3.05, 3.63) is 22.9 Å². The molecule has 0 spiro atoms. The number of hydroxylamine groups is 1. The molecule has 0 radical (unpaired) electrons. The second kappa shape index (κ2) is 3.79. The van der Waals surface area contributed by atoms with Crippen molar-refractivity contribution < 1.29 is 4.84 Å². The van der Waals surface area contributed by atoms with Gasteiger partial charge in [-0.1, -0.05) is 18.2 Å². The lowest BCUT2D eigenvalue weighted by Gasteiger charge is -2.05. The summed E-state index contributed by atoms with van der Waals surface area (Å²) in [6.07, 6.45) is 3.15. The van der Waals surface area contributed by atoms with Crippen LogP contribution in [0.3, 0.4) is 0 Å². The van der Waals surface area contributed by atoms with Crippen molar-refractivity contribution in [3.63, 3.8) is 0 Å². The van der Waals surface area contributed by atoms with Gasteiger partial charge in [0.2, 0.25) is 0 Å². The van der Waals surface area contributed by atoms with Crippen molar-refractivity contribution in [1.29, 1.82) is 0 Å². The maximum Gasteiger partial charge on any atom is 0.0636 e. The summed E-state index contributed by atoms with van der Waals surface area (Å²) in [5.41, 5.74) is 4.99. The molecule has 11 heavy (non-hydrogen) atoms. The van der Waals surface area contributed by atoms with Gasteiger partial charge in [0.15, 0.2) is 0 Å². The highest BCUT2D eigenvalue weighted by atomic mass is 35.5. The molecule has 0 aliphatic heterocycles. The zero-order valence-corrected chi connectivity index (χ0v) is 7.37. The monoisotopic (exact) mass is 173 g/mol. The van der Waals surface area contributed by atoms with Crippen LogP contribution in [0, 0.1) is 0 Å². The van der Waals surface area contributed by atoms with Gasteiger partial charge in [-0.25, -0.2) is 0 Å². The van der Waals surface area contributed by atoms with Gasteiger partial charge in [0.1, 0.15) is 0 Å². The van der Waals surface area contributed by atoms with Crippen LogP contribution in [0.5, 0.6) is 0 Å². The molecule has 0 unspecified atom stereocenters. The summed E-state index contributed by atoms with van der Waals surface area (Å²) < 4.78 is 0. The number of rotatable bonds is 3. The van der Waals surface area contributed by atoms with Crippen LogP contribution in [-0.4, -0.2) is 7.11 Å². The van der Waals surface area contributed by atoms with E-state index in [0.717, 1.165) is 30.5 Å². The minimum Gasteiger partial charge on any atom is -0.280 e. The quantitative estimate of drug-likeness (QED) is 0.662. The van der Waals surface area contributed by atoms with Crippen LogP contribution in [0.1, 0.15) is 19.3 Å². The fourth-order valence-corrected chi connectivity index (χ4v) is 1.49. The second-order valence-electron chi connectivity index (χ2n) is 2.52. The molecule has 2 nitrogen and oxygen atoms in total. The summed E-state index contributed by atoms with van der Waals surface area (Å²) in [7, 11) is 1.60. The van der Waals surface area contributed by atoms with Crippen molar-refractivity contribution in [2.24, 2.45) is 0 Å². The van der Waals surface area contributed by atoms with E-state index in [1.807, 2.05) is 0 Å². The molecule has 1 rings (SSSR count). The van der Waals surface area contributed by atoms with Crippen molar-refractivity contribution in [2.75, 3.05) is 7.11 Å². The molecule has 0 saturated carbocycles. The first-order chi connectivity index (χ1) is 5.25. The molecule has 1 aliphatic carbocycles. The minimum absolute atomic E-state index is 0.627. The van der Waals surface area contributed by atoms with Gasteiger partial charge in [0.05, 0.1) is 7.11 Å². The molecule has 0 atom stereocenters. The van der Waals surface area contributed by atoms with Crippen molar-refractivity contribution in [1.82, 2.24) is 5.48 Å². The van der Waals surface area contributed by atoms with Gasteiger partial charge in [0.25, 0.3) is 0 Å². The van der Waals surface area contributed by atoms with Crippen LogP contribution in [0.2, 0.25) is 0 Å². The normalized spacial score (nSPS) is 17.3. The summed E-state index contributed by atoms with van der Waals surface area (Å²) in [6.45, 7) is 3.68. The Balaban J connectivity index is 2.69. The molecule has 1 N–H and O–H groups in total. The lowest BCUT2D eigenvalue weighted by molar-refractivity contribution is 0.115. The highest BCUT2D eigenvalue weighted by molar-refractivity contribution is 6.31. The molecule has 0 bridgehead atoms. The Hall–Kier alpha value is -0.470. The van der Waals surface area contributed by atoms with Crippen molar-refractivity contribution in [2.45, 2.75) is 19.3 Å². The molecule has 0 fully saturated rings. The SMILES string of the molecule is C=C(Cl)C1=C(NOC)CCC1.